The van der Waals surface area contributed by atoms with E-state index in [0.717, 1.165) is 25.8 Å². The van der Waals surface area contributed by atoms with Crippen LogP contribution in [0.15, 0.2) is 29.1 Å². The number of nitrogens with zero attached hydrogens (tertiary/aromatic N) is 3. The zero-order valence-electron chi connectivity index (χ0n) is 15.4. The summed E-state index contributed by atoms with van der Waals surface area (Å²) in [6, 6.07) is 7.69. The van der Waals surface area contributed by atoms with Crippen molar-refractivity contribution in [3.05, 3.63) is 51.6 Å². The van der Waals surface area contributed by atoms with Gasteiger partial charge >= 0.3 is 0 Å². The molecule has 28 heavy (non-hydrogen) atoms. The molecule has 0 saturated carbocycles. The van der Waals surface area contributed by atoms with Crippen LogP contribution >= 0.6 is 0 Å². The number of carbonyl (C=O) groups is 1. The van der Waals surface area contributed by atoms with Gasteiger partial charge in [-0.05, 0) is 43.9 Å². The number of hydrogen-bond donors (Lipinski definition) is 2. The second-order valence-electron chi connectivity index (χ2n) is 7.32. The lowest BCUT2D eigenvalue weighted by Gasteiger charge is -2.35. The maximum absolute atomic E-state index is 13.4. The van der Waals surface area contributed by atoms with Crippen molar-refractivity contribution >= 4 is 17.7 Å². The Labute approximate surface area is 161 Å². The molecule has 144 valence electrons. The number of benzene rings is 1. The molecule has 1 aromatic heterocycles. The molecular formula is C20H20FN5O2. The largest absolute Gasteiger partial charge is 0.340 e. The topological polar surface area (TPSA) is 102 Å². The summed E-state index contributed by atoms with van der Waals surface area (Å²) in [5.41, 5.74) is 0.356. The molecule has 1 aromatic carbocycles. The van der Waals surface area contributed by atoms with Gasteiger partial charge in [-0.15, -0.1) is 0 Å². The van der Waals surface area contributed by atoms with Gasteiger partial charge in [-0.3, -0.25) is 14.6 Å². The molecule has 8 heteroatoms. The molecular weight excluding hydrogens is 361 g/mol. The molecule has 1 amide bonds. The first-order valence-electron chi connectivity index (χ1n) is 9.36. The van der Waals surface area contributed by atoms with E-state index in [1.807, 2.05) is 11.0 Å². The van der Waals surface area contributed by atoms with Crippen LogP contribution in [0.2, 0.25) is 0 Å². The number of amides is 1. The Bertz CT molecular complexity index is 1010. The van der Waals surface area contributed by atoms with Crippen molar-refractivity contribution in [1.29, 1.82) is 5.26 Å². The number of aromatic nitrogens is 2. The molecule has 0 spiro atoms. The summed E-state index contributed by atoms with van der Waals surface area (Å²) in [6.45, 7) is 2.85. The Morgan fingerprint density at radius 3 is 2.68 bits per heavy atom. The molecule has 2 aliphatic rings. The fourth-order valence-electron chi connectivity index (χ4n) is 4.08. The van der Waals surface area contributed by atoms with Crippen LogP contribution in [0.4, 0.5) is 16.2 Å². The summed E-state index contributed by atoms with van der Waals surface area (Å²) in [5, 5.41) is 12.1. The van der Waals surface area contributed by atoms with Crippen LogP contribution in [0, 0.1) is 23.1 Å². The molecule has 3 heterocycles. The van der Waals surface area contributed by atoms with Crippen LogP contribution < -0.4 is 15.8 Å². The lowest BCUT2D eigenvalue weighted by molar-refractivity contribution is -0.119. The van der Waals surface area contributed by atoms with Gasteiger partial charge in [0.05, 0.1) is 11.6 Å². The fraction of sp³-hybridized carbons (Fsp3) is 0.400. The minimum atomic E-state index is -1.10. The smallest absolute Gasteiger partial charge is 0.258 e. The highest BCUT2D eigenvalue weighted by molar-refractivity contribution is 5.97. The number of rotatable bonds is 2. The SMILES string of the molecule is CC1CCCCN1c1nc2c(c(=O)[nH]1)C(c1ccc(F)cc1)C(C#N)C(=O)N2. The Balaban J connectivity index is 1.84. The number of fused-ring (bicyclic) bond motifs is 1. The molecule has 2 aromatic rings. The van der Waals surface area contributed by atoms with Gasteiger partial charge in [0.15, 0.2) is 0 Å². The van der Waals surface area contributed by atoms with Gasteiger partial charge in [0.2, 0.25) is 11.9 Å². The standard InChI is InChI=1S/C20H20FN5O2/c1-11-4-2-3-9-26(11)20-24-17-16(19(28)25-20)15(14(10-22)18(27)23-17)12-5-7-13(21)8-6-12/h5-8,11,14-15H,2-4,9H2,1H3,(H2,23,24,25,27,28). The minimum absolute atomic E-state index is 0.169. The van der Waals surface area contributed by atoms with Crippen molar-refractivity contribution in [3.8, 4) is 6.07 Å². The van der Waals surface area contributed by atoms with E-state index in [0.29, 0.717) is 11.5 Å². The first kappa shape index (κ1) is 18.2. The minimum Gasteiger partial charge on any atom is -0.340 e. The summed E-state index contributed by atoms with van der Waals surface area (Å²) in [6.07, 6.45) is 3.13. The van der Waals surface area contributed by atoms with E-state index in [1.54, 1.807) is 0 Å². The molecule has 3 unspecified atom stereocenters. The van der Waals surface area contributed by atoms with Gasteiger partial charge in [-0.1, -0.05) is 12.1 Å². The van der Waals surface area contributed by atoms with Crippen LogP contribution in [0.3, 0.4) is 0 Å². The highest BCUT2D eigenvalue weighted by atomic mass is 19.1. The van der Waals surface area contributed by atoms with Crippen LogP contribution in [-0.4, -0.2) is 28.5 Å². The summed E-state index contributed by atoms with van der Waals surface area (Å²) >= 11 is 0. The number of piperidine rings is 1. The molecule has 0 radical (unpaired) electrons. The summed E-state index contributed by atoms with van der Waals surface area (Å²) < 4.78 is 13.4. The maximum atomic E-state index is 13.4. The number of nitrogens with one attached hydrogen (secondary N) is 2. The Hall–Kier alpha value is -3.21. The first-order valence-corrected chi connectivity index (χ1v) is 9.36. The van der Waals surface area contributed by atoms with Crippen molar-refractivity contribution in [2.75, 3.05) is 16.8 Å². The third-order valence-corrected chi connectivity index (χ3v) is 5.55. The van der Waals surface area contributed by atoms with Gasteiger partial charge in [0.1, 0.15) is 17.6 Å². The van der Waals surface area contributed by atoms with Gasteiger partial charge in [-0.2, -0.15) is 10.2 Å². The number of H-pyrrole nitrogens is 1. The lowest BCUT2D eigenvalue weighted by atomic mass is 9.79. The number of halogens is 1. The normalized spacial score (nSPS) is 24.2. The quantitative estimate of drug-likeness (QED) is 0.832. The summed E-state index contributed by atoms with van der Waals surface area (Å²) in [7, 11) is 0. The van der Waals surface area contributed by atoms with Crippen LogP contribution in [0.1, 0.15) is 43.2 Å². The summed E-state index contributed by atoms with van der Waals surface area (Å²) in [5.74, 6) is -2.26. The number of carbonyl (C=O) groups excluding carboxylic acids is 1. The van der Waals surface area contributed by atoms with E-state index in [9.17, 15) is 19.2 Å². The predicted molar refractivity (Wildman–Crippen MR) is 101 cm³/mol. The van der Waals surface area contributed by atoms with Crippen molar-refractivity contribution < 1.29 is 9.18 Å². The molecule has 1 saturated heterocycles. The highest BCUT2D eigenvalue weighted by Crippen LogP contribution is 2.38. The van der Waals surface area contributed by atoms with E-state index >= 15 is 0 Å². The highest BCUT2D eigenvalue weighted by Gasteiger charge is 2.40. The number of nitriles is 1. The third-order valence-electron chi connectivity index (χ3n) is 5.55. The first-order chi connectivity index (χ1) is 13.5. The molecule has 2 aliphatic heterocycles. The van der Waals surface area contributed by atoms with Crippen LogP contribution in [0.5, 0.6) is 0 Å². The second-order valence-corrected chi connectivity index (χ2v) is 7.32. The van der Waals surface area contributed by atoms with E-state index in [2.05, 4.69) is 22.2 Å². The number of anilines is 2. The maximum Gasteiger partial charge on any atom is 0.258 e. The van der Waals surface area contributed by atoms with E-state index in [1.165, 1.54) is 24.3 Å². The fourth-order valence-corrected chi connectivity index (χ4v) is 4.08. The van der Waals surface area contributed by atoms with E-state index in [4.69, 9.17) is 0 Å². The van der Waals surface area contributed by atoms with Gasteiger partial charge in [-0.25, -0.2) is 4.39 Å². The molecule has 3 atom stereocenters. The van der Waals surface area contributed by atoms with Gasteiger partial charge < -0.3 is 10.2 Å². The molecule has 0 bridgehead atoms. The molecule has 2 N–H and O–H groups in total. The number of hydrogen-bond acceptors (Lipinski definition) is 5. The lowest BCUT2D eigenvalue weighted by Crippen LogP contribution is -2.42. The molecule has 1 fully saturated rings. The zero-order valence-corrected chi connectivity index (χ0v) is 15.4. The summed E-state index contributed by atoms with van der Waals surface area (Å²) in [4.78, 5) is 34.9. The van der Waals surface area contributed by atoms with Crippen LogP contribution in [-0.2, 0) is 4.79 Å². The van der Waals surface area contributed by atoms with Crippen LogP contribution in [0.25, 0.3) is 0 Å². The monoisotopic (exact) mass is 381 g/mol. The van der Waals surface area contributed by atoms with Crippen molar-refractivity contribution in [3.63, 3.8) is 0 Å². The predicted octanol–water partition coefficient (Wildman–Crippen LogP) is 2.51. The van der Waals surface area contributed by atoms with E-state index in [-0.39, 0.29) is 17.4 Å². The van der Waals surface area contributed by atoms with Crippen molar-refractivity contribution in [1.82, 2.24) is 9.97 Å². The molecule has 4 rings (SSSR count). The molecule has 7 nitrogen and oxygen atoms in total. The molecule has 0 aliphatic carbocycles. The third kappa shape index (κ3) is 3.03. The number of aromatic amines is 1. The second kappa shape index (κ2) is 7.08. The Morgan fingerprint density at radius 1 is 1.25 bits per heavy atom. The zero-order chi connectivity index (χ0) is 19.8. The van der Waals surface area contributed by atoms with Gasteiger partial charge in [0, 0.05) is 18.5 Å². The van der Waals surface area contributed by atoms with Crippen molar-refractivity contribution in [2.24, 2.45) is 5.92 Å². The Morgan fingerprint density at radius 2 is 2.00 bits per heavy atom. The Kier molecular flexibility index (Phi) is 4.59. The van der Waals surface area contributed by atoms with Crippen molar-refractivity contribution in [2.45, 2.75) is 38.1 Å². The van der Waals surface area contributed by atoms with E-state index < -0.39 is 29.1 Å². The average Bonchev–Trinajstić information content (AvgIpc) is 2.68. The average molecular weight is 381 g/mol. The van der Waals surface area contributed by atoms with Gasteiger partial charge in [0.25, 0.3) is 5.56 Å².